The number of benzene rings is 2. The van der Waals surface area contributed by atoms with E-state index in [1.165, 1.54) is 0 Å². The van der Waals surface area contributed by atoms with Gasteiger partial charge in [-0.05, 0) is 61.2 Å². The molecule has 122 valence electrons. The summed E-state index contributed by atoms with van der Waals surface area (Å²) in [6.45, 7) is 4.18. The summed E-state index contributed by atoms with van der Waals surface area (Å²) in [5.41, 5.74) is 3.93. The Morgan fingerprint density at radius 3 is 2.54 bits per heavy atom. The van der Waals surface area contributed by atoms with Crippen LogP contribution in [0.3, 0.4) is 0 Å². The molecule has 24 heavy (non-hydrogen) atoms. The molecule has 3 rings (SSSR count). The lowest BCUT2D eigenvalue weighted by Crippen LogP contribution is -2.26. The molecule has 0 spiro atoms. The first-order valence-corrected chi connectivity index (χ1v) is 8.40. The summed E-state index contributed by atoms with van der Waals surface area (Å²) in [6, 6.07) is 13.0. The number of amides is 1. The fraction of sp³-hybridized carbons (Fsp3) is 0.158. The Morgan fingerprint density at radius 2 is 1.83 bits per heavy atom. The fourth-order valence-corrected chi connectivity index (χ4v) is 3.01. The number of carbonyl (C=O) groups is 1. The van der Waals surface area contributed by atoms with E-state index in [2.05, 4.69) is 26.2 Å². The topological polar surface area (TPSA) is 62.0 Å². The number of aryl methyl sites for hydroxylation is 2. The van der Waals surface area contributed by atoms with Gasteiger partial charge in [0.15, 0.2) is 0 Å². The average molecular weight is 385 g/mol. The monoisotopic (exact) mass is 384 g/mol. The van der Waals surface area contributed by atoms with Crippen LogP contribution in [0.25, 0.3) is 10.9 Å². The summed E-state index contributed by atoms with van der Waals surface area (Å²) in [5.74, 6) is -0.206. The van der Waals surface area contributed by atoms with Crippen molar-refractivity contribution in [1.82, 2.24) is 10.3 Å². The molecule has 0 aliphatic carbocycles. The van der Waals surface area contributed by atoms with Gasteiger partial charge in [0, 0.05) is 22.1 Å². The number of H-pyrrole nitrogens is 1. The molecule has 2 aromatic carbocycles. The van der Waals surface area contributed by atoms with Crippen LogP contribution in [0, 0.1) is 13.8 Å². The van der Waals surface area contributed by atoms with Crippen molar-refractivity contribution in [2.75, 3.05) is 0 Å². The van der Waals surface area contributed by atoms with Crippen molar-refractivity contribution in [3.05, 3.63) is 79.5 Å². The molecule has 0 bridgehead atoms. The van der Waals surface area contributed by atoms with Crippen molar-refractivity contribution in [3.63, 3.8) is 0 Å². The second kappa shape index (κ2) is 6.61. The summed E-state index contributed by atoms with van der Waals surface area (Å²) in [6.07, 6.45) is 0. The summed E-state index contributed by atoms with van der Waals surface area (Å²) >= 11 is 3.34. The van der Waals surface area contributed by atoms with E-state index >= 15 is 0 Å². The second-order valence-electron chi connectivity index (χ2n) is 5.86. The van der Waals surface area contributed by atoms with Crippen molar-refractivity contribution in [2.24, 2.45) is 0 Å². The molecule has 0 fully saturated rings. The minimum Gasteiger partial charge on any atom is -0.348 e. The van der Waals surface area contributed by atoms with Crippen molar-refractivity contribution in [1.29, 1.82) is 0 Å². The molecule has 5 heteroatoms. The van der Waals surface area contributed by atoms with Gasteiger partial charge >= 0.3 is 0 Å². The van der Waals surface area contributed by atoms with Crippen molar-refractivity contribution in [2.45, 2.75) is 20.4 Å². The second-order valence-corrected chi connectivity index (χ2v) is 6.77. The summed E-state index contributed by atoms with van der Waals surface area (Å²) in [5, 5.41) is 3.77. The first-order chi connectivity index (χ1) is 11.4. The van der Waals surface area contributed by atoms with Crippen LogP contribution in [0.1, 0.15) is 27.0 Å². The molecular formula is C19H17BrN2O2. The van der Waals surface area contributed by atoms with Gasteiger partial charge in [-0.25, -0.2) is 0 Å². The molecule has 0 saturated carbocycles. The average Bonchev–Trinajstić information content (AvgIpc) is 2.54. The van der Waals surface area contributed by atoms with E-state index in [0.717, 1.165) is 26.5 Å². The zero-order valence-corrected chi connectivity index (χ0v) is 15.0. The van der Waals surface area contributed by atoms with Gasteiger partial charge in [0.1, 0.15) is 0 Å². The van der Waals surface area contributed by atoms with Gasteiger partial charge < -0.3 is 10.3 Å². The molecule has 4 nitrogen and oxygen atoms in total. The Kier molecular flexibility index (Phi) is 4.53. The van der Waals surface area contributed by atoms with Gasteiger partial charge in [0.2, 0.25) is 0 Å². The molecule has 0 aliphatic rings. The van der Waals surface area contributed by atoms with Gasteiger partial charge in [-0.2, -0.15) is 0 Å². The molecular weight excluding hydrogens is 368 g/mol. The highest BCUT2D eigenvalue weighted by Gasteiger charge is 2.09. The van der Waals surface area contributed by atoms with Crippen molar-refractivity contribution >= 4 is 32.7 Å². The van der Waals surface area contributed by atoms with Gasteiger partial charge in [-0.15, -0.1) is 0 Å². The predicted octanol–water partition coefficient (Wildman–Crippen LogP) is 3.84. The van der Waals surface area contributed by atoms with Gasteiger partial charge in [-0.1, -0.05) is 27.6 Å². The molecule has 0 radical (unpaired) electrons. The maximum absolute atomic E-state index is 12.3. The standard InChI is InChI=1S/C19H17BrN2O2/c1-11-7-12(2)17-14(8-11)9-15(19(24)22-17)10-21-18(23)13-3-5-16(20)6-4-13/h3-9H,10H2,1-2H3,(H,21,23)(H,22,24). The van der Waals surface area contributed by atoms with Crippen LogP contribution in [0.4, 0.5) is 0 Å². The molecule has 0 atom stereocenters. The highest BCUT2D eigenvalue weighted by Crippen LogP contribution is 2.18. The summed E-state index contributed by atoms with van der Waals surface area (Å²) < 4.78 is 0.913. The lowest BCUT2D eigenvalue weighted by Gasteiger charge is -2.08. The molecule has 1 aromatic heterocycles. The molecule has 1 heterocycles. The number of hydrogen-bond donors (Lipinski definition) is 2. The van der Waals surface area contributed by atoms with Crippen LogP contribution in [0.5, 0.6) is 0 Å². The minimum atomic E-state index is -0.206. The Morgan fingerprint density at radius 1 is 1.12 bits per heavy atom. The Balaban J connectivity index is 1.85. The van der Waals surface area contributed by atoms with E-state index in [1.54, 1.807) is 12.1 Å². The predicted molar refractivity (Wildman–Crippen MR) is 99.4 cm³/mol. The third kappa shape index (κ3) is 3.41. The van der Waals surface area contributed by atoms with Crippen molar-refractivity contribution in [3.8, 4) is 0 Å². The number of aromatic nitrogens is 1. The zero-order chi connectivity index (χ0) is 17.3. The number of aromatic amines is 1. The number of nitrogens with one attached hydrogen (secondary N) is 2. The van der Waals surface area contributed by atoms with Gasteiger partial charge in [0.25, 0.3) is 11.5 Å². The third-order valence-corrected chi connectivity index (χ3v) is 4.44. The fourth-order valence-electron chi connectivity index (χ4n) is 2.74. The molecule has 2 N–H and O–H groups in total. The number of hydrogen-bond acceptors (Lipinski definition) is 2. The Labute approximate surface area is 148 Å². The van der Waals surface area contributed by atoms with Crippen LogP contribution in [0.15, 0.2) is 51.7 Å². The zero-order valence-electron chi connectivity index (χ0n) is 13.4. The van der Waals surface area contributed by atoms with Crippen LogP contribution >= 0.6 is 15.9 Å². The molecule has 1 amide bonds. The van der Waals surface area contributed by atoms with E-state index in [0.29, 0.717) is 11.1 Å². The highest BCUT2D eigenvalue weighted by atomic mass is 79.9. The smallest absolute Gasteiger partial charge is 0.253 e. The molecule has 0 saturated heterocycles. The van der Waals surface area contributed by atoms with Crippen molar-refractivity contribution < 1.29 is 4.79 Å². The first kappa shape index (κ1) is 16.5. The van der Waals surface area contributed by atoms with Crippen LogP contribution in [-0.4, -0.2) is 10.9 Å². The maximum atomic E-state index is 12.3. The quantitative estimate of drug-likeness (QED) is 0.720. The molecule has 3 aromatic rings. The van der Waals surface area contributed by atoms with E-state index in [9.17, 15) is 9.59 Å². The Hall–Kier alpha value is -2.40. The number of fused-ring (bicyclic) bond motifs is 1. The minimum absolute atomic E-state index is 0.175. The largest absolute Gasteiger partial charge is 0.348 e. The normalized spacial score (nSPS) is 10.8. The van der Waals surface area contributed by atoms with Crippen LogP contribution in [-0.2, 0) is 6.54 Å². The third-order valence-electron chi connectivity index (χ3n) is 3.92. The number of rotatable bonds is 3. The van der Waals surface area contributed by atoms with E-state index < -0.39 is 0 Å². The van der Waals surface area contributed by atoms with E-state index in [1.807, 2.05) is 44.2 Å². The highest BCUT2D eigenvalue weighted by molar-refractivity contribution is 9.10. The summed E-state index contributed by atoms with van der Waals surface area (Å²) in [4.78, 5) is 27.3. The molecule has 0 unspecified atom stereocenters. The lowest BCUT2D eigenvalue weighted by atomic mass is 10.1. The number of pyridine rings is 1. The van der Waals surface area contributed by atoms with Gasteiger partial charge in [-0.3, -0.25) is 9.59 Å². The number of halogens is 1. The van der Waals surface area contributed by atoms with E-state index in [4.69, 9.17) is 0 Å². The maximum Gasteiger partial charge on any atom is 0.253 e. The SMILES string of the molecule is Cc1cc(C)c2[nH]c(=O)c(CNC(=O)c3ccc(Br)cc3)cc2c1. The van der Waals surface area contributed by atoms with Gasteiger partial charge in [0.05, 0.1) is 5.52 Å². The lowest BCUT2D eigenvalue weighted by molar-refractivity contribution is 0.0951. The van der Waals surface area contributed by atoms with E-state index in [-0.39, 0.29) is 18.0 Å². The number of carbonyl (C=O) groups excluding carboxylic acids is 1. The molecule has 0 aliphatic heterocycles. The summed E-state index contributed by atoms with van der Waals surface area (Å²) in [7, 11) is 0. The van der Waals surface area contributed by atoms with Crippen LogP contribution < -0.4 is 10.9 Å². The Bertz CT molecular complexity index is 975. The van der Waals surface area contributed by atoms with Crippen LogP contribution in [0.2, 0.25) is 0 Å². The first-order valence-electron chi connectivity index (χ1n) is 7.61.